The minimum Gasteiger partial charge on any atom is -0.382 e. The second-order valence-electron chi connectivity index (χ2n) is 8.05. The van der Waals surface area contributed by atoms with Crippen LogP contribution in [0.15, 0.2) is 53.8 Å². The maximum Gasteiger partial charge on any atom is 0.451 e. The zero-order valence-corrected chi connectivity index (χ0v) is 20.5. The van der Waals surface area contributed by atoms with Crippen LogP contribution in [0.25, 0.3) is 22.3 Å². The molecular formula is C23H16BrF5N8. The van der Waals surface area contributed by atoms with E-state index in [0.29, 0.717) is 33.2 Å². The van der Waals surface area contributed by atoms with Crippen LogP contribution in [0.5, 0.6) is 0 Å². The first-order valence-electron chi connectivity index (χ1n) is 10.8. The van der Waals surface area contributed by atoms with E-state index < -0.39 is 23.6 Å². The molecule has 0 aliphatic carbocycles. The first kappa shape index (κ1) is 24.7. The summed E-state index contributed by atoms with van der Waals surface area (Å²) in [6.45, 7) is 1.91. The molecule has 0 saturated heterocycles. The van der Waals surface area contributed by atoms with Gasteiger partial charge in [0, 0.05) is 46.2 Å². The highest BCUT2D eigenvalue weighted by molar-refractivity contribution is 9.10. The largest absolute Gasteiger partial charge is 0.451 e. The van der Waals surface area contributed by atoms with Gasteiger partial charge in [0.25, 0.3) is 0 Å². The number of fused-ring (bicyclic) bond motifs is 1. The van der Waals surface area contributed by atoms with Gasteiger partial charge in [-0.25, -0.2) is 32.9 Å². The molecule has 0 bridgehead atoms. The highest BCUT2D eigenvalue weighted by Crippen LogP contribution is 2.44. The number of hydrogen-bond acceptors (Lipinski definition) is 6. The molecule has 190 valence electrons. The number of nitrogens with two attached hydrogens (primary N) is 1. The molecule has 8 nitrogen and oxygen atoms in total. The highest BCUT2D eigenvalue weighted by atomic mass is 79.9. The molecule has 0 amide bonds. The van der Waals surface area contributed by atoms with Crippen molar-refractivity contribution >= 4 is 27.3 Å². The van der Waals surface area contributed by atoms with Crippen molar-refractivity contribution in [1.82, 2.24) is 34.3 Å². The van der Waals surface area contributed by atoms with Crippen molar-refractivity contribution in [2.75, 3.05) is 5.73 Å². The number of alkyl halides is 3. The molecule has 1 atom stereocenters. The number of nitrogen functional groups attached to an aromatic ring is 1. The summed E-state index contributed by atoms with van der Waals surface area (Å²) in [5.41, 5.74) is 8.55. The molecule has 0 radical (unpaired) electrons. The molecule has 4 aromatic heterocycles. The van der Waals surface area contributed by atoms with Crippen molar-refractivity contribution in [3.63, 3.8) is 0 Å². The standard InChI is InChI=1S/C23H16BrF5N8/c1-2-14(12-8-34-36(9-12)16-4-3-13(25)5-15(16)26)19-18(24)17(20-21(30)33-10-35-37(19)20)11-6-31-22(32-7-11)23(27,28)29/h3-10,14H,2H2,1H3,(H2,30,33,35). The average molecular weight is 579 g/mol. The Hall–Kier alpha value is -3.94. The maximum absolute atomic E-state index is 14.3. The lowest BCUT2D eigenvalue weighted by atomic mass is 9.95. The van der Waals surface area contributed by atoms with Gasteiger partial charge in [0.2, 0.25) is 5.82 Å². The van der Waals surface area contributed by atoms with Crippen molar-refractivity contribution < 1.29 is 22.0 Å². The third-order valence-electron chi connectivity index (χ3n) is 5.82. The van der Waals surface area contributed by atoms with Crippen molar-refractivity contribution in [1.29, 1.82) is 0 Å². The van der Waals surface area contributed by atoms with Gasteiger partial charge in [0.1, 0.15) is 23.3 Å². The summed E-state index contributed by atoms with van der Waals surface area (Å²) >= 11 is 3.58. The summed E-state index contributed by atoms with van der Waals surface area (Å²) in [5.74, 6) is -3.02. The Labute approximate surface area is 214 Å². The molecule has 0 spiro atoms. The summed E-state index contributed by atoms with van der Waals surface area (Å²) in [6.07, 6.45) is 2.38. The van der Waals surface area contributed by atoms with Crippen molar-refractivity contribution in [3.05, 3.63) is 82.5 Å². The maximum atomic E-state index is 14.3. The molecule has 0 aliphatic heterocycles. The van der Waals surface area contributed by atoms with E-state index in [-0.39, 0.29) is 23.0 Å². The number of anilines is 1. The quantitative estimate of drug-likeness (QED) is 0.274. The molecule has 14 heteroatoms. The predicted molar refractivity (Wildman–Crippen MR) is 127 cm³/mol. The van der Waals surface area contributed by atoms with E-state index in [2.05, 4.69) is 41.1 Å². The average Bonchev–Trinajstić information content (AvgIpc) is 3.43. The number of halogens is 6. The van der Waals surface area contributed by atoms with Crippen LogP contribution in [-0.4, -0.2) is 34.3 Å². The molecule has 2 N–H and O–H groups in total. The van der Waals surface area contributed by atoms with Crippen LogP contribution in [0.2, 0.25) is 0 Å². The van der Waals surface area contributed by atoms with E-state index >= 15 is 0 Å². The van der Waals surface area contributed by atoms with Crippen LogP contribution in [0.3, 0.4) is 0 Å². The highest BCUT2D eigenvalue weighted by Gasteiger charge is 2.35. The van der Waals surface area contributed by atoms with Crippen LogP contribution in [0.1, 0.15) is 36.3 Å². The summed E-state index contributed by atoms with van der Waals surface area (Å²) < 4.78 is 70.0. The van der Waals surface area contributed by atoms with Crippen LogP contribution >= 0.6 is 15.9 Å². The van der Waals surface area contributed by atoms with Gasteiger partial charge in [-0.1, -0.05) is 6.92 Å². The molecule has 0 fully saturated rings. The Kier molecular flexibility index (Phi) is 6.14. The fourth-order valence-electron chi connectivity index (χ4n) is 4.18. The van der Waals surface area contributed by atoms with E-state index in [9.17, 15) is 22.0 Å². The third-order valence-corrected chi connectivity index (χ3v) is 6.62. The zero-order chi connectivity index (χ0) is 26.5. The van der Waals surface area contributed by atoms with E-state index in [4.69, 9.17) is 5.73 Å². The second-order valence-corrected chi connectivity index (χ2v) is 8.84. The molecule has 37 heavy (non-hydrogen) atoms. The monoisotopic (exact) mass is 578 g/mol. The molecule has 1 aromatic carbocycles. The second kappa shape index (κ2) is 9.18. The summed E-state index contributed by atoms with van der Waals surface area (Å²) in [5, 5.41) is 8.58. The molecule has 5 aromatic rings. The Morgan fingerprint density at radius 2 is 1.78 bits per heavy atom. The molecule has 0 saturated carbocycles. The van der Waals surface area contributed by atoms with Crippen molar-refractivity contribution in [3.8, 4) is 16.8 Å². The normalized spacial score (nSPS) is 12.8. The first-order valence-corrected chi connectivity index (χ1v) is 11.6. The fraction of sp³-hybridized carbons (Fsp3) is 0.174. The molecule has 1 unspecified atom stereocenters. The Morgan fingerprint density at radius 3 is 2.43 bits per heavy atom. The molecule has 0 aliphatic rings. The number of nitrogens with zero attached hydrogens (tertiary/aromatic N) is 7. The number of rotatable bonds is 5. The lowest BCUT2D eigenvalue weighted by Gasteiger charge is -2.14. The lowest BCUT2D eigenvalue weighted by Crippen LogP contribution is -2.10. The van der Waals surface area contributed by atoms with E-state index in [1.54, 1.807) is 16.9 Å². The Morgan fingerprint density at radius 1 is 1.05 bits per heavy atom. The Balaban J connectivity index is 1.66. The predicted octanol–water partition coefficient (Wildman–Crippen LogP) is 5.56. The number of aromatic nitrogens is 7. The zero-order valence-electron chi connectivity index (χ0n) is 18.9. The van der Waals surface area contributed by atoms with Crippen LogP contribution in [0, 0.1) is 11.6 Å². The van der Waals surface area contributed by atoms with Gasteiger partial charge in [-0.05, 0) is 40.0 Å². The summed E-state index contributed by atoms with van der Waals surface area (Å²) in [7, 11) is 0. The van der Waals surface area contributed by atoms with Gasteiger partial charge in [-0.2, -0.15) is 23.4 Å². The van der Waals surface area contributed by atoms with Gasteiger partial charge in [-0.3, -0.25) is 0 Å². The van der Waals surface area contributed by atoms with Gasteiger partial charge < -0.3 is 5.73 Å². The fourth-order valence-corrected chi connectivity index (χ4v) is 5.04. The number of hydrogen-bond donors (Lipinski definition) is 1. The third kappa shape index (κ3) is 4.30. The van der Waals surface area contributed by atoms with Crippen LogP contribution in [0.4, 0.5) is 27.8 Å². The SMILES string of the molecule is CCC(c1cnn(-c2ccc(F)cc2F)c1)c1c(Br)c(-c2cnc(C(F)(F)F)nc2)c2c(N)ncnn12. The van der Waals surface area contributed by atoms with E-state index in [1.165, 1.54) is 17.1 Å². The van der Waals surface area contributed by atoms with Crippen LogP contribution in [-0.2, 0) is 6.18 Å². The summed E-state index contributed by atoms with van der Waals surface area (Å²) in [6, 6.07) is 3.18. The van der Waals surface area contributed by atoms with Crippen molar-refractivity contribution in [2.24, 2.45) is 0 Å². The molecular weight excluding hydrogens is 563 g/mol. The molecule has 4 heterocycles. The Bertz CT molecular complexity index is 1610. The van der Waals surface area contributed by atoms with Gasteiger partial charge >= 0.3 is 6.18 Å². The number of benzene rings is 1. The minimum absolute atomic E-state index is 0.0655. The smallest absolute Gasteiger partial charge is 0.382 e. The van der Waals surface area contributed by atoms with Gasteiger partial charge in [0.15, 0.2) is 11.6 Å². The van der Waals surface area contributed by atoms with Gasteiger partial charge in [0.05, 0.1) is 11.9 Å². The molecule has 5 rings (SSSR count). The van der Waals surface area contributed by atoms with Crippen molar-refractivity contribution in [2.45, 2.75) is 25.4 Å². The topological polar surface area (TPSA) is 99.8 Å². The summed E-state index contributed by atoms with van der Waals surface area (Å²) in [4.78, 5) is 11.0. The first-order chi connectivity index (χ1) is 17.6. The van der Waals surface area contributed by atoms with E-state index in [1.807, 2.05) is 6.92 Å². The van der Waals surface area contributed by atoms with Crippen LogP contribution < -0.4 is 5.73 Å². The van der Waals surface area contributed by atoms with E-state index in [0.717, 1.165) is 24.5 Å². The lowest BCUT2D eigenvalue weighted by molar-refractivity contribution is -0.144. The van der Waals surface area contributed by atoms with Gasteiger partial charge in [-0.15, -0.1) is 0 Å². The minimum atomic E-state index is -4.69.